The minimum absolute atomic E-state index is 0.125. The van der Waals surface area contributed by atoms with Gasteiger partial charge < -0.3 is 33.2 Å². The summed E-state index contributed by atoms with van der Waals surface area (Å²) in [5.41, 5.74) is 2.75. The molecule has 4 rings (SSSR count). The van der Waals surface area contributed by atoms with Crippen LogP contribution in [0.3, 0.4) is 0 Å². The number of hydrogen-bond donors (Lipinski definition) is 0. The summed E-state index contributed by atoms with van der Waals surface area (Å²) in [4.78, 5) is 23.8. The van der Waals surface area contributed by atoms with Crippen molar-refractivity contribution in [1.82, 2.24) is 0 Å². The quantitative estimate of drug-likeness (QED) is 0.276. The molecule has 0 unspecified atom stereocenters. The first kappa shape index (κ1) is 30.2. The Morgan fingerprint density at radius 2 is 1.17 bits per heavy atom. The second-order valence-corrected chi connectivity index (χ2v) is 9.60. The monoisotopic (exact) mass is 564 g/mol. The van der Waals surface area contributed by atoms with Gasteiger partial charge in [-0.1, -0.05) is 72.8 Å². The van der Waals surface area contributed by atoms with Gasteiger partial charge in [0.1, 0.15) is 36.8 Å². The summed E-state index contributed by atoms with van der Waals surface area (Å²) >= 11 is 0. The van der Waals surface area contributed by atoms with Crippen molar-refractivity contribution in [3.63, 3.8) is 0 Å². The van der Waals surface area contributed by atoms with Crippen LogP contribution in [0.1, 0.15) is 30.5 Å². The normalized spacial score (nSPS) is 22.1. The van der Waals surface area contributed by atoms with Crippen molar-refractivity contribution in [2.75, 3.05) is 13.7 Å². The maximum Gasteiger partial charge on any atom is 0.305 e. The Morgan fingerprint density at radius 1 is 0.659 bits per heavy atom. The zero-order valence-corrected chi connectivity index (χ0v) is 23.5. The largest absolute Gasteiger partial charge is 0.497 e. The van der Waals surface area contributed by atoms with E-state index in [1.807, 2.05) is 84.9 Å². The van der Waals surface area contributed by atoms with E-state index < -0.39 is 42.6 Å². The van der Waals surface area contributed by atoms with Crippen LogP contribution >= 0.6 is 0 Å². The molecule has 0 saturated carbocycles. The molecule has 0 aliphatic carbocycles. The average Bonchev–Trinajstić information content (AvgIpc) is 2.98. The zero-order chi connectivity index (χ0) is 29.0. The molecule has 3 aromatic carbocycles. The van der Waals surface area contributed by atoms with Gasteiger partial charge in [0.05, 0.1) is 26.9 Å². The van der Waals surface area contributed by atoms with Crippen molar-refractivity contribution in [1.29, 1.82) is 0 Å². The summed E-state index contributed by atoms with van der Waals surface area (Å²) in [5, 5.41) is 0. The molecule has 1 fully saturated rings. The fourth-order valence-corrected chi connectivity index (χ4v) is 4.49. The minimum atomic E-state index is -1.13. The number of methoxy groups -OCH3 is 1. The topological polar surface area (TPSA) is 98.8 Å². The summed E-state index contributed by atoms with van der Waals surface area (Å²) in [6, 6.07) is 26.8. The summed E-state index contributed by atoms with van der Waals surface area (Å²) in [6.45, 7) is 3.16. The summed E-state index contributed by atoms with van der Waals surface area (Å²) in [6.07, 6.45) is -4.28. The highest BCUT2D eigenvalue weighted by atomic mass is 16.7. The SMILES string of the molecule is COc1ccc(CO[C@@H]2[C@H](OCc3ccccc3)[C@@H](OC(C)=O)O[C@H](COC(C)=O)[C@H]2OCc2ccccc2)cc1. The van der Waals surface area contributed by atoms with E-state index >= 15 is 0 Å². The molecular formula is C32H36O9. The van der Waals surface area contributed by atoms with Gasteiger partial charge in [0.2, 0.25) is 6.29 Å². The van der Waals surface area contributed by atoms with Crippen LogP contribution in [0.4, 0.5) is 0 Å². The van der Waals surface area contributed by atoms with Crippen LogP contribution in [0.2, 0.25) is 0 Å². The molecule has 5 atom stereocenters. The minimum Gasteiger partial charge on any atom is -0.497 e. The third-order valence-electron chi connectivity index (χ3n) is 6.50. The molecule has 1 aliphatic rings. The van der Waals surface area contributed by atoms with Gasteiger partial charge in [0, 0.05) is 13.8 Å². The Morgan fingerprint density at radius 3 is 1.68 bits per heavy atom. The molecule has 218 valence electrons. The summed E-state index contributed by atoms with van der Waals surface area (Å²) in [5.74, 6) is -0.297. The highest BCUT2D eigenvalue weighted by molar-refractivity contribution is 5.66. The first-order valence-corrected chi connectivity index (χ1v) is 13.4. The smallest absolute Gasteiger partial charge is 0.305 e. The van der Waals surface area contributed by atoms with Crippen molar-refractivity contribution >= 4 is 11.9 Å². The van der Waals surface area contributed by atoms with Crippen LogP contribution in [0, 0.1) is 0 Å². The molecular weight excluding hydrogens is 528 g/mol. The molecule has 1 aliphatic heterocycles. The molecule has 0 bridgehead atoms. The van der Waals surface area contributed by atoms with Crippen LogP contribution < -0.4 is 4.74 Å². The van der Waals surface area contributed by atoms with E-state index in [1.165, 1.54) is 13.8 Å². The molecule has 0 radical (unpaired) electrons. The predicted octanol–water partition coefficient (Wildman–Crippen LogP) is 4.60. The van der Waals surface area contributed by atoms with E-state index in [4.69, 9.17) is 33.2 Å². The number of esters is 2. The number of carbonyl (C=O) groups is 2. The van der Waals surface area contributed by atoms with Crippen LogP contribution in [-0.4, -0.2) is 56.4 Å². The number of benzene rings is 3. The number of carbonyl (C=O) groups excluding carboxylic acids is 2. The molecule has 9 nitrogen and oxygen atoms in total. The molecule has 0 N–H and O–H groups in total. The summed E-state index contributed by atoms with van der Waals surface area (Å²) in [7, 11) is 1.61. The van der Waals surface area contributed by atoms with E-state index in [0.717, 1.165) is 22.4 Å². The van der Waals surface area contributed by atoms with Gasteiger partial charge in [-0.2, -0.15) is 0 Å². The zero-order valence-electron chi connectivity index (χ0n) is 23.5. The Bertz CT molecular complexity index is 1220. The van der Waals surface area contributed by atoms with Gasteiger partial charge in [-0.3, -0.25) is 9.59 Å². The lowest BCUT2D eigenvalue weighted by atomic mass is 9.97. The van der Waals surface area contributed by atoms with Gasteiger partial charge in [-0.15, -0.1) is 0 Å². The standard InChI is InChI=1S/C32H36O9/c1-22(33)36-21-28-29(37-18-24-10-6-4-7-11-24)30(38-20-26-14-16-27(35-3)17-15-26)31(32(41-28)40-23(2)34)39-19-25-12-8-5-9-13-25/h4-17,28-32H,18-21H2,1-3H3/t28-,29-,30+,31+,32+/m1/s1. The van der Waals surface area contributed by atoms with Gasteiger partial charge >= 0.3 is 11.9 Å². The molecule has 1 heterocycles. The van der Waals surface area contributed by atoms with E-state index in [0.29, 0.717) is 0 Å². The highest BCUT2D eigenvalue weighted by Gasteiger charge is 2.50. The molecule has 3 aromatic rings. The maximum absolute atomic E-state index is 12.1. The third kappa shape index (κ3) is 9.12. The maximum atomic E-state index is 12.1. The number of hydrogen-bond acceptors (Lipinski definition) is 9. The lowest BCUT2D eigenvalue weighted by molar-refractivity contribution is -0.318. The number of ether oxygens (including phenoxy) is 7. The van der Waals surface area contributed by atoms with Crippen LogP contribution in [0.25, 0.3) is 0 Å². The molecule has 0 aromatic heterocycles. The molecule has 1 saturated heterocycles. The van der Waals surface area contributed by atoms with Crippen molar-refractivity contribution in [3.8, 4) is 5.75 Å². The van der Waals surface area contributed by atoms with E-state index in [2.05, 4.69) is 0 Å². The van der Waals surface area contributed by atoms with Crippen LogP contribution in [0.5, 0.6) is 5.75 Å². The number of rotatable bonds is 13. The molecule has 0 amide bonds. The fraction of sp³-hybridized carbons (Fsp3) is 0.375. The van der Waals surface area contributed by atoms with Crippen molar-refractivity contribution in [2.45, 2.75) is 64.4 Å². The van der Waals surface area contributed by atoms with Crippen molar-refractivity contribution in [3.05, 3.63) is 102 Å². The van der Waals surface area contributed by atoms with Gasteiger partial charge in [-0.25, -0.2) is 0 Å². The first-order chi connectivity index (χ1) is 19.9. The van der Waals surface area contributed by atoms with Gasteiger partial charge in [0.15, 0.2) is 0 Å². The van der Waals surface area contributed by atoms with E-state index in [-0.39, 0.29) is 26.4 Å². The highest BCUT2D eigenvalue weighted by Crippen LogP contribution is 2.31. The first-order valence-electron chi connectivity index (χ1n) is 13.4. The van der Waals surface area contributed by atoms with Gasteiger partial charge in [0.25, 0.3) is 0 Å². The Labute approximate surface area is 240 Å². The fourth-order valence-electron chi connectivity index (χ4n) is 4.49. The predicted molar refractivity (Wildman–Crippen MR) is 149 cm³/mol. The second kappa shape index (κ2) is 15.3. The Hall–Kier alpha value is -3.76. The van der Waals surface area contributed by atoms with E-state index in [9.17, 15) is 9.59 Å². The average molecular weight is 565 g/mol. The Balaban J connectivity index is 1.65. The lowest BCUT2D eigenvalue weighted by Gasteiger charge is -2.45. The van der Waals surface area contributed by atoms with E-state index in [1.54, 1.807) is 7.11 Å². The Kier molecular flexibility index (Phi) is 11.3. The third-order valence-corrected chi connectivity index (χ3v) is 6.50. The molecule has 0 spiro atoms. The summed E-state index contributed by atoms with van der Waals surface area (Å²) < 4.78 is 41.6. The molecule has 41 heavy (non-hydrogen) atoms. The molecule has 9 heteroatoms. The second-order valence-electron chi connectivity index (χ2n) is 9.60. The van der Waals surface area contributed by atoms with Crippen LogP contribution in [-0.2, 0) is 57.8 Å². The van der Waals surface area contributed by atoms with Gasteiger partial charge in [-0.05, 0) is 28.8 Å². The van der Waals surface area contributed by atoms with Crippen molar-refractivity contribution < 1.29 is 42.7 Å². The van der Waals surface area contributed by atoms with Crippen molar-refractivity contribution in [2.24, 2.45) is 0 Å². The van der Waals surface area contributed by atoms with Crippen LogP contribution in [0.15, 0.2) is 84.9 Å². The lowest BCUT2D eigenvalue weighted by Crippen LogP contribution is -2.62.